The Morgan fingerprint density at radius 2 is 1.88 bits per heavy atom. The Balaban J connectivity index is 1.66. The minimum Gasteiger partial charge on any atom is -0.488 e. The molecule has 1 N–H and O–H groups in total. The Labute approximate surface area is 197 Å². The summed E-state index contributed by atoms with van der Waals surface area (Å²) in [6, 6.07) is 9.23. The number of ether oxygens (including phenoxy) is 3. The molecule has 4 rings (SSSR count). The number of methoxy groups -OCH3 is 1. The van der Waals surface area contributed by atoms with Gasteiger partial charge in [-0.25, -0.2) is 9.97 Å². The smallest absolute Gasteiger partial charge is 0.264 e. The van der Waals surface area contributed by atoms with Crippen LogP contribution in [-0.4, -0.2) is 61.3 Å². The highest BCUT2D eigenvalue weighted by Crippen LogP contribution is 2.33. The molecule has 0 bridgehead atoms. The molecule has 0 aliphatic rings. The fourth-order valence-corrected chi connectivity index (χ4v) is 3.70. The second-order valence-corrected chi connectivity index (χ2v) is 10.2. The SMILES string of the molecule is C=S(C)(=O)c1cnc(Oc2cc(O[C@@H](C)COC)cc(-c3ccc(-c4nnc(C)o4)[nH]3)c2)cn1. The van der Waals surface area contributed by atoms with Crippen molar-refractivity contribution in [3.8, 4) is 40.2 Å². The van der Waals surface area contributed by atoms with Crippen LogP contribution in [0.5, 0.6) is 17.4 Å². The summed E-state index contributed by atoms with van der Waals surface area (Å²) in [5.74, 6) is 5.81. The van der Waals surface area contributed by atoms with Gasteiger partial charge < -0.3 is 23.6 Å². The van der Waals surface area contributed by atoms with Gasteiger partial charge in [-0.05, 0) is 37.1 Å². The van der Waals surface area contributed by atoms with Crippen molar-refractivity contribution in [3.63, 3.8) is 0 Å². The number of benzene rings is 1. The zero-order chi connectivity index (χ0) is 24.3. The van der Waals surface area contributed by atoms with Crippen LogP contribution in [0.15, 0.2) is 52.2 Å². The molecular formula is C23H25N5O5S. The molecule has 11 heteroatoms. The molecule has 0 aliphatic carbocycles. The Morgan fingerprint density at radius 3 is 2.53 bits per heavy atom. The van der Waals surface area contributed by atoms with Gasteiger partial charge in [-0.2, -0.15) is 0 Å². The van der Waals surface area contributed by atoms with Gasteiger partial charge in [-0.3, -0.25) is 4.21 Å². The van der Waals surface area contributed by atoms with Crippen molar-refractivity contribution in [1.29, 1.82) is 0 Å². The van der Waals surface area contributed by atoms with E-state index in [-0.39, 0.29) is 12.0 Å². The number of nitrogens with one attached hydrogen (secondary N) is 1. The van der Waals surface area contributed by atoms with Crippen molar-refractivity contribution in [2.24, 2.45) is 0 Å². The highest BCUT2D eigenvalue weighted by Gasteiger charge is 2.14. The lowest BCUT2D eigenvalue weighted by atomic mass is 10.1. The summed E-state index contributed by atoms with van der Waals surface area (Å²) in [4.78, 5) is 11.6. The number of H-pyrrole nitrogens is 1. The molecule has 1 unspecified atom stereocenters. The van der Waals surface area contributed by atoms with Crippen LogP contribution < -0.4 is 9.47 Å². The quantitative estimate of drug-likeness (QED) is 0.354. The molecule has 0 saturated carbocycles. The van der Waals surface area contributed by atoms with Crippen LogP contribution in [0.3, 0.4) is 0 Å². The molecule has 178 valence electrons. The van der Waals surface area contributed by atoms with E-state index in [1.807, 2.05) is 31.2 Å². The van der Waals surface area contributed by atoms with E-state index in [0.29, 0.717) is 40.6 Å². The molecule has 1 aromatic carbocycles. The number of aryl methyl sites for hydroxylation is 1. The third-order valence-corrected chi connectivity index (χ3v) is 5.74. The molecule has 0 saturated heterocycles. The Morgan fingerprint density at radius 1 is 1.12 bits per heavy atom. The summed E-state index contributed by atoms with van der Waals surface area (Å²) in [5, 5.41) is 8.22. The molecule has 4 aromatic rings. The number of hydrogen-bond acceptors (Lipinski definition) is 9. The Kier molecular flexibility index (Phi) is 6.66. The van der Waals surface area contributed by atoms with Gasteiger partial charge in [0.15, 0.2) is 0 Å². The average molecular weight is 484 g/mol. The number of nitrogens with zero attached hydrogens (tertiary/aromatic N) is 4. The zero-order valence-corrected chi connectivity index (χ0v) is 20.1. The maximum Gasteiger partial charge on any atom is 0.264 e. The van der Waals surface area contributed by atoms with Crippen LogP contribution in [0.1, 0.15) is 12.8 Å². The van der Waals surface area contributed by atoms with E-state index in [1.165, 1.54) is 18.6 Å². The maximum absolute atomic E-state index is 12.1. The van der Waals surface area contributed by atoms with Crippen molar-refractivity contribution in [2.75, 3.05) is 20.0 Å². The van der Waals surface area contributed by atoms with Gasteiger partial charge in [0.25, 0.3) is 5.89 Å². The first kappa shape index (κ1) is 23.5. The monoisotopic (exact) mass is 483 g/mol. The summed E-state index contributed by atoms with van der Waals surface area (Å²) in [7, 11) is -0.844. The van der Waals surface area contributed by atoms with Gasteiger partial charge in [0, 0.05) is 47.1 Å². The van der Waals surface area contributed by atoms with Crippen LogP contribution in [-0.2, 0) is 14.3 Å². The molecule has 0 fully saturated rings. The molecular weight excluding hydrogens is 458 g/mol. The first-order chi connectivity index (χ1) is 16.2. The first-order valence-corrected chi connectivity index (χ1v) is 12.5. The average Bonchev–Trinajstić information content (AvgIpc) is 3.43. The summed E-state index contributed by atoms with van der Waals surface area (Å²) in [6.45, 7) is 4.07. The minimum absolute atomic E-state index is 0.178. The Bertz CT molecular complexity index is 1380. The lowest BCUT2D eigenvalue weighted by Crippen LogP contribution is -2.17. The number of hydrogen-bond donors (Lipinski definition) is 1. The van der Waals surface area contributed by atoms with Gasteiger partial charge in [0.1, 0.15) is 28.3 Å². The summed E-state index contributed by atoms with van der Waals surface area (Å²) in [6.07, 6.45) is 4.14. The normalized spacial score (nSPS) is 13.9. The van der Waals surface area contributed by atoms with Crippen LogP contribution in [0, 0.1) is 6.92 Å². The second-order valence-electron chi connectivity index (χ2n) is 7.79. The number of aromatic amines is 1. The standard InChI is InChI=1S/C23H25N5O5S/c1-14(13-30-3)31-17-8-16(19-6-7-20(26-19)23-28-27-15(2)32-23)9-18(10-17)33-21-11-25-22(12-24-21)34(4,5)29/h6-12,14,26H,4,13H2,1-3,5H3/t14-,34?/m0/s1. The van der Waals surface area contributed by atoms with E-state index in [1.54, 1.807) is 20.1 Å². The predicted molar refractivity (Wildman–Crippen MR) is 128 cm³/mol. The summed E-state index contributed by atoms with van der Waals surface area (Å²) < 4.78 is 34.7. The molecule has 0 aliphatic heterocycles. The highest BCUT2D eigenvalue weighted by molar-refractivity contribution is 7.99. The first-order valence-electron chi connectivity index (χ1n) is 10.3. The molecule has 0 amide bonds. The van der Waals surface area contributed by atoms with E-state index in [9.17, 15) is 4.21 Å². The molecule has 2 atom stereocenters. The van der Waals surface area contributed by atoms with Crippen LogP contribution in [0.4, 0.5) is 0 Å². The topological polar surface area (TPSA) is 125 Å². The summed E-state index contributed by atoms with van der Waals surface area (Å²) >= 11 is 0. The van der Waals surface area contributed by atoms with Crippen molar-refractivity contribution >= 4 is 15.4 Å². The van der Waals surface area contributed by atoms with Gasteiger partial charge >= 0.3 is 0 Å². The molecule has 10 nitrogen and oxygen atoms in total. The molecule has 3 aromatic heterocycles. The third kappa shape index (κ3) is 5.61. The van der Waals surface area contributed by atoms with Gasteiger partial charge in [-0.15, -0.1) is 10.2 Å². The van der Waals surface area contributed by atoms with E-state index in [2.05, 4.69) is 31.0 Å². The Hall–Kier alpha value is -3.70. The van der Waals surface area contributed by atoms with Crippen LogP contribution in [0.2, 0.25) is 0 Å². The lowest BCUT2D eigenvalue weighted by molar-refractivity contribution is 0.0920. The second kappa shape index (κ2) is 9.65. The number of aromatic nitrogens is 5. The van der Waals surface area contributed by atoms with E-state index in [4.69, 9.17) is 18.6 Å². The maximum atomic E-state index is 12.1. The third-order valence-electron chi connectivity index (χ3n) is 4.64. The van der Waals surface area contributed by atoms with Crippen molar-refractivity contribution in [2.45, 2.75) is 25.0 Å². The molecule has 3 heterocycles. The van der Waals surface area contributed by atoms with Crippen LogP contribution in [0.25, 0.3) is 22.8 Å². The van der Waals surface area contributed by atoms with Crippen molar-refractivity contribution in [3.05, 3.63) is 48.6 Å². The number of rotatable bonds is 9. The molecule has 0 spiro atoms. The van der Waals surface area contributed by atoms with Crippen LogP contribution >= 0.6 is 0 Å². The van der Waals surface area contributed by atoms with E-state index >= 15 is 0 Å². The van der Waals surface area contributed by atoms with Crippen molar-refractivity contribution in [1.82, 2.24) is 25.1 Å². The minimum atomic E-state index is -2.46. The predicted octanol–water partition coefficient (Wildman–Crippen LogP) is 3.74. The summed E-state index contributed by atoms with van der Waals surface area (Å²) in [5.41, 5.74) is 2.29. The molecule has 0 radical (unpaired) electrons. The fraction of sp³-hybridized carbons (Fsp3) is 0.261. The van der Waals surface area contributed by atoms with Gasteiger partial charge in [0.05, 0.1) is 19.0 Å². The lowest BCUT2D eigenvalue weighted by Gasteiger charge is -2.16. The van der Waals surface area contributed by atoms with Gasteiger partial charge in [0.2, 0.25) is 11.8 Å². The largest absolute Gasteiger partial charge is 0.488 e. The highest BCUT2D eigenvalue weighted by atomic mass is 32.2. The molecule has 34 heavy (non-hydrogen) atoms. The van der Waals surface area contributed by atoms with E-state index in [0.717, 1.165) is 11.3 Å². The fourth-order valence-electron chi connectivity index (χ4n) is 3.15. The van der Waals surface area contributed by atoms with Gasteiger partial charge in [-0.1, -0.05) is 0 Å². The van der Waals surface area contributed by atoms with E-state index < -0.39 is 9.52 Å². The zero-order valence-electron chi connectivity index (χ0n) is 19.3. The van der Waals surface area contributed by atoms with Crippen molar-refractivity contribution < 1.29 is 22.8 Å².